The Morgan fingerprint density at radius 2 is 2.04 bits per heavy atom. The molecule has 0 aromatic heterocycles. The van der Waals surface area contributed by atoms with E-state index in [1.807, 2.05) is 16.7 Å². The number of rotatable bonds is 4. The van der Waals surface area contributed by atoms with Crippen LogP contribution in [0, 0.1) is 0 Å². The highest BCUT2D eigenvalue weighted by molar-refractivity contribution is 5.98. The molecule has 0 bridgehead atoms. The van der Waals surface area contributed by atoms with Gasteiger partial charge in [-0.25, -0.2) is 0 Å². The molecule has 1 aliphatic heterocycles. The summed E-state index contributed by atoms with van der Waals surface area (Å²) in [5, 5.41) is 0. The predicted octanol–water partition coefficient (Wildman–Crippen LogP) is 1.78. The Kier molecular flexibility index (Phi) is 4.66. The van der Waals surface area contributed by atoms with Crippen LogP contribution in [0.4, 0.5) is 5.69 Å². The van der Waals surface area contributed by atoms with E-state index in [-0.39, 0.29) is 24.5 Å². The molecule has 0 spiro atoms. The quantitative estimate of drug-likeness (QED) is 0.795. The second-order valence-electron chi connectivity index (χ2n) is 6.25. The summed E-state index contributed by atoms with van der Waals surface area (Å²) in [6.07, 6.45) is 3.46. The normalized spacial score (nSPS) is 21.4. The number of hydrogen-bond acceptors (Lipinski definition) is 4. The third-order valence-electron chi connectivity index (χ3n) is 4.81. The van der Waals surface area contributed by atoms with Gasteiger partial charge < -0.3 is 9.64 Å². The van der Waals surface area contributed by atoms with Gasteiger partial charge >= 0.3 is 5.97 Å². The molecular weight excluding hydrogens is 292 g/mol. The van der Waals surface area contributed by atoms with Crippen LogP contribution in [0.3, 0.4) is 0 Å². The fourth-order valence-electron chi connectivity index (χ4n) is 3.48. The van der Waals surface area contributed by atoms with Gasteiger partial charge in [-0.1, -0.05) is 6.07 Å². The zero-order valence-electron chi connectivity index (χ0n) is 13.9. The molecule has 1 aromatic rings. The van der Waals surface area contributed by atoms with E-state index >= 15 is 0 Å². The molecule has 1 heterocycles. The van der Waals surface area contributed by atoms with E-state index in [0.29, 0.717) is 19.7 Å². The van der Waals surface area contributed by atoms with E-state index in [1.54, 1.807) is 6.92 Å². The number of anilines is 1. The van der Waals surface area contributed by atoms with Crippen LogP contribution < -0.4 is 4.90 Å². The zero-order chi connectivity index (χ0) is 16.4. The van der Waals surface area contributed by atoms with Crippen LogP contribution in [-0.4, -0.2) is 49.1 Å². The third kappa shape index (κ3) is 3.24. The number of carbonyl (C=O) groups is 2. The van der Waals surface area contributed by atoms with Crippen molar-refractivity contribution < 1.29 is 14.3 Å². The van der Waals surface area contributed by atoms with Crippen LogP contribution in [-0.2, 0) is 27.2 Å². The molecule has 124 valence electrons. The first-order valence-electron chi connectivity index (χ1n) is 8.43. The van der Waals surface area contributed by atoms with Gasteiger partial charge in [0.2, 0.25) is 5.91 Å². The Balaban J connectivity index is 1.70. The van der Waals surface area contributed by atoms with Gasteiger partial charge in [0.1, 0.15) is 0 Å². The smallest absolute Gasteiger partial charge is 0.320 e. The molecule has 1 aromatic carbocycles. The minimum absolute atomic E-state index is 0.0542. The van der Waals surface area contributed by atoms with E-state index < -0.39 is 0 Å². The van der Waals surface area contributed by atoms with E-state index in [9.17, 15) is 9.59 Å². The molecule has 5 nitrogen and oxygen atoms in total. The minimum Gasteiger partial charge on any atom is -0.465 e. The molecule has 5 heteroatoms. The Labute approximate surface area is 137 Å². The standard InChI is InChI=1S/C18H24N2O3/c1-3-23-17(21)12-19-9-10-20(18(22)13(19)2)16-8-7-14-5-4-6-15(14)11-16/h7-8,11,13H,3-6,9-10,12H2,1-2H3. The SMILES string of the molecule is CCOC(=O)CN1CCN(c2ccc3c(c2)CCC3)C(=O)C1C. The van der Waals surface area contributed by atoms with Gasteiger partial charge in [0.15, 0.2) is 0 Å². The van der Waals surface area contributed by atoms with Crippen molar-refractivity contribution in [3.05, 3.63) is 29.3 Å². The summed E-state index contributed by atoms with van der Waals surface area (Å²) in [7, 11) is 0. The number of piperazine rings is 1. The molecule has 1 saturated heterocycles. The van der Waals surface area contributed by atoms with Crippen molar-refractivity contribution in [2.45, 2.75) is 39.2 Å². The van der Waals surface area contributed by atoms with Gasteiger partial charge in [0.05, 0.1) is 19.2 Å². The topological polar surface area (TPSA) is 49.9 Å². The Bertz CT molecular complexity index is 614. The molecule has 0 radical (unpaired) electrons. The highest BCUT2D eigenvalue weighted by atomic mass is 16.5. The fourth-order valence-corrected chi connectivity index (χ4v) is 3.48. The van der Waals surface area contributed by atoms with Crippen molar-refractivity contribution in [2.24, 2.45) is 0 Å². The number of amides is 1. The van der Waals surface area contributed by atoms with E-state index in [1.165, 1.54) is 17.5 Å². The van der Waals surface area contributed by atoms with Gasteiger partial charge in [-0.3, -0.25) is 14.5 Å². The number of carbonyl (C=O) groups excluding carboxylic acids is 2. The van der Waals surface area contributed by atoms with Crippen LogP contribution in [0.5, 0.6) is 0 Å². The third-order valence-corrected chi connectivity index (χ3v) is 4.81. The maximum absolute atomic E-state index is 12.7. The van der Waals surface area contributed by atoms with Crippen LogP contribution >= 0.6 is 0 Å². The van der Waals surface area contributed by atoms with Gasteiger partial charge in [-0.05, 0) is 56.4 Å². The lowest BCUT2D eigenvalue weighted by Crippen LogP contribution is -2.57. The summed E-state index contributed by atoms with van der Waals surface area (Å²) in [5.74, 6) is -0.211. The summed E-state index contributed by atoms with van der Waals surface area (Å²) in [6, 6.07) is 6.06. The van der Waals surface area contributed by atoms with Crippen molar-refractivity contribution in [3.63, 3.8) is 0 Å². The highest BCUT2D eigenvalue weighted by Crippen LogP contribution is 2.28. The molecule has 23 heavy (non-hydrogen) atoms. The van der Waals surface area contributed by atoms with Crippen molar-refractivity contribution >= 4 is 17.6 Å². The first kappa shape index (κ1) is 16.0. The van der Waals surface area contributed by atoms with Gasteiger partial charge in [-0.15, -0.1) is 0 Å². The van der Waals surface area contributed by atoms with E-state index in [4.69, 9.17) is 4.74 Å². The lowest BCUT2D eigenvalue weighted by Gasteiger charge is -2.38. The van der Waals surface area contributed by atoms with Crippen LogP contribution in [0.2, 0.25) is 0 Å². The molecule has 1 atom stereocenters. The maximum Gasteiger partial charge on any atom is 0.320 e. The minimum atomic E-state index is -0.304. The van der Waals surface area contributed by atoms with Crippen molar-refractivity contribution in [2.75, 3.05) is 31.1 Å². The van der Waals surface area contributed by atoms with Gasteiger partial charge in [0, 0.05) is 18.8 Å². The lowest BCUT2D eigenvalue weighted by atomic mass is 10.1. The van der Waals surface area contributed by atoms with Crippen molar-refractivity contribution in [1.82, 2.24) is 4.90 Å². The molecule has 0 N–H and O–H groups in total. The monoisotopic (exact) mass is 316 g/mol. The number of aryl methyl sites for hydroxylation is 2. The van der Waals surface area contributed by atoms with E-state index in [0.717, 1.165) is 18.5 Å². The van der Waals surface area contributed by atoms with Crippen molar-refractivity contribution in [1.29, 1.82) is 0 Å². The largest absolute Gasteiger partial charge is 0.465 e. The van der Waals surface area contributed by atoms with Crippen molar-refractivity contribution in [3.8, 4) is 0 Å². The van der Waals surface area contributed by atoms with Crippen LogP contribution in [0.25, 0.3) is 0 Å². The first-order valence-corrected chi connectivity index (χ1v) is 8.43. The molecular formula is C18H24N2O3. The summed E-state index contributed by atoms with van der Waals surface area (Å²) in [6.45, 7) is 5.50. The number of esters is 1. The second kappa shape index (κ2) is 6.71. The van der Waals surface area contributed by atoms with E-state index in [2.05, 4.69) is 18.2 Å². The Morgan fingerprint density at radius 3 is 2.83 bits per heavy atom. The second-order valence-corrected chi connectivity index (χ2v) is 6.25. The van der Waals surface area contributed by atoms with Crippen LogP contribution in [0.15, 0.2) is 18.2 Å². The number of ether oxygens (including phenoxy) is 1. The average Bonchev–Trinajstić information content (AvgIpc) is 3.00. The highest BCUT2D eigenvalue weighted by Gasteiger charge is 2.33. The summed E-state index contributed by atoms with van der Waals surface area (Å²) >= 11 is 0. The number of benzene rings is 1. The molecule has 2 aliphatic rings. The summed E-state index contributed by atoms with van der Waals surface area (Å²) in [5.41, 5.74) is 3.77. The van der Waals surface area contributed by atoms with Gasteiger partial charge in [-0.2, -0.15) is 0 Å². The Hall–Kier alpha value is -1.88. The maximum atomic E-state index is 12.7. The summed E-state index contributed by atoms with van der Waals surface area (Å²) in [4.78, 5) is 28.1. The lowest BCUT2D eigenvalue weighted by molar-refractivity contribution is -0.145. The predicted molar refractivity (Wildman–Crippen MR) is 88.5 cm³/mol. The average molecular weight is 316 g/mol. The fraction of sp³-hybridized carbons (Fsp3) is 0.556. The molecule has 1 fully saturated rings. The molecule has 0 saturated carbocycles. The molecule has 1 amide bonds. The molecule has 1 aliphatic carbocycles. The zero-order valence-corrected chi connectivity index (χ0v) is 13.9. The van der Waals surface area contributed by atoms with Gasteiger partial charge in [0.25, 0.3) is 0 Å². The van der Waals surface area contributed by atoms with Crippen LogP contribution in [0.1, 0.15) is 31.4 Å². The molecule has 1 unspecified atom stereocenters. The Morgan fingerprint density at radius 1 is 1.26 bits per heavy atom. The summed E-state index contributed by atoms with van der Waals surface area (Å²) < 4.78 is 4.98. The first-order chi connectivity index (χ1) is 11.1. The molecule has 3 rings (SSSR count). The number of nitrogens with zero attached hydrogens (tertiary/aromatic N) is 2. The number of fused-ring (bicyclic) bond motifs is 1. The number of hydrogen-bond donors (Lipinski definition) is 0.